The van der Waals surface area contributed by atoms with E-state index in [4.69, 9.17) is 0 Å². The summed E-state index contributed by atoms with van der Waals surface area (Å²) in [6.45, 7) is 1.73. The van der Waals surface area contributed by atoms with Crippen molar-refractivity contribution in [2.45, 2.75) is 50.3 Å². The number of anilines is 1. The summed E-state index contributed by atoms with van der Waals surface area (Å²) in [6.07, 6.45) is 6.40. The van der Waals surface area contributed by atoms with Gasteiger partial charge < -0.3 is 5.32 Å². The van der Waals surface area contributed by atoms with Crippen LogP contribution in [0.3, 0.4) is 0 Å². The van der Waals surface area contributed by atoms with Crippen LogP contribution >= 0.6 is 0 Å². The molecule has 6 heteroatoms. The Bertz CT molecular complexity index is 635. The summed E-state index contributed by atoms with van der Waals surface area (Å²) in [5.74, 6) is 0.618. The molecule has 0 spiro atoms. The average Bonchev–Trinajstić information content (AvgIpc) is 3.00. The Kier molecular flexibility index (Phi) is 5.58. The van der Waals surface area contributed by atoms with Crippen LogP contribution in [0.1, 0.15) is 44.1 Å². The standard InChI is InChI=1S/C16H24N2O3S/c1-12-7-9-14(11-15(12)22(20,21)17-2)18-16(19)10-8-13-5-3-4-6-13/h7,9,11,13,17H,3-6,8,10H2,1-2H3,(H,18,19). The maximum absolute atomic E-state index is 12.0. The fourth-order valence-electron chi connectivity index (χ4n) is 2.94. The van der Waals surface area contributed by atoms with Crippen molar-refractivity contribution in [1.29, 1.82) is 0 Å². The Hall–Kier alpha value is -1.40. The highest BCUT2D eigenvalue weighted by Crippen LogP contribution is 2.28. The molecule has 0 saturated heterocycles. The van der Waals surface area contributed by atoms with E-state index in [-0.39, 0.29) is 10.8 Å². The molecule has 122 valence electrons. The number of carbonyl (C=O) groups excluding carboxylic acids is 1. The van der Waals surface area contributed by atoms with E-state index in [0.717, 1.165) is 6.42 Å². The van der Waals surface area contributed by atoms with Crippen LogP contribution in [-0.2, 0) is 14.8 Å². The normalized spacial score (nSPS) is 15.9. The fourth-order valence-corrected chi connectivity index (χ4v) is 3.93. The zero-order chi connectivity index (χ0) is 16.2. The highest BCUT2D eigenvalue weighted by Gasteiger charge is 2.18. The maximum atomic E-state index is 12.0. The molecule has 1 saturated carbocycles. The van der Waals surface area contributed by atoms with Crippen molar-refractivity contribution in [3.05, 3.63) is 23.8 Å². The van der Waals surface area contributed by atoms with Crippen LogP contribution in [0, 0.1) is 12.8 Å². The predicted octanol–water partition coefficient (Wildman–Crippen LogP) is 2.81. The molecule has 5 nitrogen and oxygen atoms in total. The minimum atomic E-state index is -3.51. The van der Waals surface area contributed by atoms with Crippen molar-refractivity contribution in [3.63, 3.8) is 0 Å². The number of benzene rings is 1. The van der Waals surface area contributed by atoms with E-state index < -0.39 is 10.0 Å². The molecule has 1 aliphatic rings. The molecular formula is C16H24N2O3S. The van der Waals surface area contributed by atoms with Gasteiger partial charge in [-0.05, 0) is 44.0 Å². The molecular weight excluding hydrogens is 300 g/mol. The first-order valence-electron chi connectivity index (χ1n) is 7.76. The van der Waals surface area contributed by atoms with Crippen LogP contribution in [-0.4, -0.2) is 21.4 Å². The lowest BCUT2D eigenvalue weighted by molar-refractivity contribution is -0.116. The Morgan fingerprint density at radius 1 is 1.27 bits per heavy atom. The lowest BCUT2D eigenvalue weighted by Crippen LogP contribution is -2.20. The Morgan fingerprint density at radius 2 is 1.95 bits per heavy atom. The van der Waals surface area contributed by atoms with Crippen molar-refractivity contribution < 1.29 is 13.2 Å². The first-order valence-corrected chi connectivity index (χ1v) is 9.25. The number of rotatable bonds is 6. The number of sulfonamides is 1. The predicted molar refractivity (Wildman–Crippen MR) is 87.2 cm³/mol. The molecule has 1 amide bonds. The van der Waals surface area contributed by atoms with E-state index in [2.05, 4.69) is 10.0 Å². The van der Waals surface area contributed by atoms with Gasteiger partial charge in [-0.1, -0.05) is 31.7 Å². The fraction of sp³-hybridized carbons (Fsp3) is 0.562. The van der Waals surface area contributed by atoms with Crippen molar-refractivity contribution in [1.82, 2.24) is 4.72 Å². The molecule has 0 atom stereocenters. The van der Waals surface area contributed by atoms with Gasteiger partial charge in [0.05, 0.1) is 4.90 Å². The first-order chi connectivity index (χ1) is 10.4. The summed E-state index contributed by atoms with van der Waals surface area (Å²) in [4.78, 5) is 12.2. The molecule has 2 N–H and O–H groups in total. The summed E-state index contributed by atoms with van der Waals surface area (Å²) in [6, 6.07) is 4.95. The molecule has 2 rings (SSSR count). The van der Waals surface area contributed by atoms with Gasteiger partial charge in [-0.3, -0.25) is 4.79 Å². The summed E-state index contributed by atoms with van der Waals surface area (Å²) >= 11 is 0. The Labute approximate surface area is 132 Å². The van der Waals surface area contributed by atoms with Crippen molar-refractivity contribution in [2.24, 2.45) is 5.92 Å². The van der Waals surface area contributed by atoms with Gasteiger partial charge in [-0.25, -0.2) is 13.1 Å². The minimum Gasteiger partial charge on any atom is -0.326 e. The van der Waals surface area contributed by atoms with E-state index in [9.17, 15) is 13.2 Å². The SMILES string of the molecule is CNS(=O)(=O)c1cc(NC(=O)CCC2CCCC2)ccc1C. The molecule has 0 aromatic heterocycles. The number of aryl methyl sites for hydroxylation is 1. The van der Waals surface area contributed by atoms with E-state index in [1.54, 1.807) is 19.1 Å². The van der Waals surface area contributed by atoms with E-state index in [1.165, 1.54) is 38.8 Å². The van der Waals surface area contributed by atoms with Gasteiger partial charge in [-0.15, -0.1) is 0 Å². The molecule has 1 aliphatic carbocycles. The summed E-state index contributed by atoms with van der Waals surface area (Å²) < 4.78 is 26.2. The third-order valence-corrected chi connectivity index (χ3v) is 5.84. The Morgan fingerprint density at radius 3 is 2.59 bits per heavy atom. The highest BCUT2D eigenvalue weighted by molar-refractivity contribution is 7.89. The van der Waals surface area contributed by atoms with E-state index >= 15 is 0 Å². The minimum absolute atomic E-state index is 0.0523. The second kappa shape index (κ2) is 7.24. The van der Waals surface area contributed by atoms with Crippen LogP contribution < -0.4 is 10.0 Å². The number of amides is 1. The van der Waals surface area contributed by atoms with Gasteiger partial charge in [0.15, 0.2) is 0 Å². The second-order valence-electron chi connectivity index (χ2n) is 5.93. The van der Waals surface area contributed by atoms with Gasteiger partial charge in [0, 0.05) is 12.1 Å². The number of carbonyl (C=O) groups is 1. The van der Waals surface area contributed by atoms with Crippen LogP contribution in [0.4, 0.5) is 5.69 Å². The molecule has 1 fully saturated rings. The molecule has 0 radical (unpaired) electrons. The number of hydrogen-bond acceptors (Lipinski definition) is 3. The summed E-state index contributed by atoms with van der Waals surface area (Å²) in [5, 5.41) is 2.80. The van der Waals surface area contributed by atoms with Crippen molar-refractivity contribution >= 4 is 21.6 Å². The monoisotopic (exact) mass is 324 g/mol. The highest BCUT2D eigenvalue weighted by atomic mass is 32.2. The van der Waals surface area contributed by atoms with Gasteiger partial charge in [0.25, 0.3) is 0 Å². The van der Waals surface area contributed by atoms with Crippen LogP contribution in [0.15, 0.2) is 23.1 Å². The summed E-state index contributed by atoms with van der Waals surface area (Å²) in [5.41, 5.74) is 1.18. The summed E-state index contributed by atoms with van der Waals surface area (Å²) in [7, 11) is -2.14. The molecule has 0 heterocycles. The van der Waals surface area contributed by atoms with E-state index in [1.807, 2.05) is 0 Å². The molecule has 0 bridgehead atoms. The number of hydrogen-bond donors (Lipinski definition) is 2. The third kappa shape index (κ3) is 4.30. The third-order valence-electron chi connectivity index (χ3n) is 4.28. The Balaban J connectivity index is 2.00. The van der Waals surface area contributed by atoms with Crippen LogP contribution in [0.25, 0.3) is 0 Å². The lowest BCUT2D eigenvalue weighted by atomic mass is 10.0. The molecule has 1 aromatic rings. The molecule has 0 unspecified atom stereocenters. The zero-order valence-electron chi connectivity index (χ0n) is 13.2. The van der Waals surface area contributed by atoms with E-state index in [0.29, 0.717) is 23.6 Å². The average molecular weight is 324 g/mol. The van der Waals surface area contributed by atoms with Crippen molar-refractivity contribution in [3.8, 4) is 0 Å². The van der Waals surface area contributed by atoms with Gasteiger partial charge in [0.1, 0.15) is 0 Å². The molecule has 22 heavy (non-hydrogen) atoms. The zero-order valence-corrected chi connectivity index (χ0v) is 14.0. The lowest BCUT2D eigenvalue weighted by Gasteiger charge is -2.11. The largest absolute Gasteiger partial charge is 0.326 e. The van der Waals surface area contributed by atoms with Gasteiger partial charge in [-0.2, -0.15) is 0 Å². The number of nitrogens with one attached hydrogen (secondary N) is 2. The van der Waals surface area contributed by atoms with Gasteiger partial charge in [0.2, 0.25) is 15.9 Å². The maximum Gasteiger partial charge on any atom is 0.240 e. The van der Waals surface area contributed by atoms with Crippen LogP contribution in [0.2, 0.25) is 0 Å². The quantitative estimate of drug-likeness (QED) is 0.845. The molecule has 1 aromatic carbocycles. The van der Waals surface area contributed by atoms with Crippen molar-refractivity contribution in [2.75, 3.05) is 12.4 Å². The second-order valence-corrected chi connectivity index (χ2v) is 7.78. The smallest absolute Gasteiger partial charge is 0.240 e. The first kappa shape index (κ1) is 17.0. The topological polar surface area (TPSA) is 75.3 Å². The van der Waals surface area contributed by atoms with Crippen LogP contribution in [0.5, 0.6) is 0 Å². The molecule has 0 aliphatic heterocycles. The van der Waals surface area contributed by atoms with Gasteiger partial charge >= 0.3 is 0 Å².